The third-order valence-corrected chi connectivity index (χ3v) is 3.49. The van der Waals surface area contributed by atoms with Crippen LogP contribution >= 0.6 is 0 Å². The van der Waals surface area contributed by atoms with Crippen LogP contribution in [0.1, 0.15) is 22.7 Å². The normalized spacial score (nSPS) is 17.6. The van der Waals surface area contributed by atoms with Crippen LogP contribution < -0.4 is 0 Å². The lowest BCUT2D eigenvalue weighted by atomic mass is 9.91. The molecule has 1 aromatic carbocycles. The molecule has 2 heterocycles. The number of likely N-dealkylation sites (N-methyl/N-ethyl adjacent to an activating group) is 1. The van der Waals surface area contributed by atoms with Gasteiger partial charge in [-0.05, 0) is 22.8 Å². The molecule has 1 aromatic heterocycles. The summed E-state index contributed by atoms with van der Waals surface area (Å²) in [6, 6.07) is 12.7. The van der Waals surface area contributed by atoms with Crippen molar-refractivity contribution in [2.45, 2.75) is 12.5 Å². The average Bonchev–Trinajstić information content (AvgIpc) is 2.47. The number of amidine groups is 1. The zero-order valence-corrected chi connectivity index (χ0v) is 11.2. The Morgan fingerprint density at radius 1 is 1.11 bits per heavy atom. The molecule has 3 heteroatoms. The number of nitrogens with zero attached hydrogens (tertiary/aromatic N) is 3. The van der Waals surface area contributed by atoms with Crippen LogP contribution in [-0.2, 0) is 6.42 Å². The van der Waals surface area contributed by atoms with Crippen molar-refractivity contribution in [1.82, 2.24) is 9.88 Å². The minimum atomic E-state index is 0.0658. The van der Waals surface area contributed by atoms with E-state index in [1.54, 1.807) is 6.20 Å². The van der Waals surface area contributed by atoms with Crippen molar-refractivity contribution in [3.05, 3.63) is 65.5 Å². The number of aliphatic imine (C=N–C) groups is 1. The molecule has 0 N–H and O–H groups in total. The van der Waals surface area contributed by atoms with Crippen LogP contribution in [0, 0.1) is 0 Å². The van der Waals surface area contributed by atoms with Crippen molar-refractivity contribution < 1.29 is 0 Å². The fourth-order valence-corrected chi connectivity index (χ4v) is 2.46. The third-order valence-electron chi connectivity index (χ3n) is 3.49. The Bertz CT molecular complexity index is 602. The minimum Gasteiger partial charge on any atom is -0.366 e. The highest BCUT2D eigenvalue weighted by atomic mass is 15.1. The van der Waals surface area contributed by atoms with E-state index in [2.05, 4.69) is 40.2 Å². The lowest BCUT2D eigenvalue weighted by molar-refractivity contribution is 0.591. The number of benzene rings is 1. The van der Waals surface area contributed by atoms with Crippen LogP contribution in [0.4, 0.5) is 0 Å². The molecule has 0 saturated heterocycles. The summed E-state index contributed by atoms with van der Waals surface area (Å²) in [7, 11) is 4.10. The molecule has 0 bridgehead atoms. The first-order valence-corrected chi connectivity index (χ1v) is 6.47. The second-order valence-electron chi connectivity index (χ2n) is 5.00. The predicted octanol–water partition coefficient (Wildman–Crippen LogP) is 2.69. The molecule has 0 saturated carbocycles. The Hall–Kier alpha value is -2.16. The maximum atomic E-state index is 4.90. The molecule has 1 unspecified atom stereocenters. The van der Waals surface area contributed by atoms with Crippen molar-refractivity contribution in [2.24, 2.45) is 4.99 Å². The van der Waals surface area contributed by atoms with E-state index in [1.807, 2.05) is 26.4 Å². The summed E-state index contributed by atoms with van der Waals surface area (Å²) in [5.74, 6) is 1.12. The van der Waals surface area contributed by atoms with Gasteiger partial charge < -0.3 is 4.90 Å². The minimum absolute atomic E-state index is 0.0658. The highest BCUT2D eigenvalue weighted by Crippen LogP contribution is 2.32. The number of fused-ring (bicyclic) bond motifs is 1. The first kappa shape index (κ1) is 11.9. The lowest BCUT2D eigenvalue weighted by Crippen LogP contribution is -2.28. The first-order valence-electron chi connectivity index (χ1n) is 6.47. The van der Waals surface area contributed by atoms with Gasteiger partial charge in [0.2, 0.25) is 0 Å². The second-order valence-corrected chi connectivity index (χ2v) is 5.00. The molecule has 0 spiro atoms. The van der Waals surface area contributed by atoms with Crippen molar-refractivity contribution in [3.63, 3.8) is 0 Å². The summed E-state index contributed by atoms with van der Waals surface area (Å²) >= 11 is 0. The van der Waals surface area contributed by atoms with E-state index >= 15 is 0 Å². The van der Waals surface area contributed by atoms with Gasteiger partial charge in [-0.3, -0.25) is 9.98 Å². The van der Waals surface area contributed by atoms with Gasteiger partial charge in [0.15, 0.2) is 0 Å². The highest BCUT2D eigenvalue weighted by Gasteiger charge is 2.23. The lowest BCUT2D eigenvalue weighted by Gasteiger charge is -2.27. The second kappa shape index (κ2) is 4.84. The van der Waals surface area contributed by atoms with E-state index in [9.17, 15) is 0 Å². The van der Waals surface area contributed by atoms with Crippen molar-refractivity contribution in [1.29, 1.82) is 0 Å². The first-order chi connectivity index (χ1) is 9.25. The summed E-state index contributed by atoms with van der Waals surface area (Å²) in [5, 5.41) is 0. The molecule has 1 atom stereocenters. The predicted molar refractivity (Wildman–Crippen MR) is 77.3 cm³/mol. The molecule has 3 rings (SSSR count). The molecule has 2 aromatic rings. The zero-order valence-electron chi connectivity index (χ0n) is 11.2. The maximum absolute atomic E-state index is 4.90. The Balaban J connectivity index is 2.11. The molecular weight excluding hydrogens is 234 g/mol. The van der Waals surface area contributed by atoms with E-state index in [0.29, 0.717) is 0 Å². The summed E-state index contributed by atoms with van der Waals surface area (Å²) < 4.78 is 0. The van der Waals surface area contributed by atoms with E-state index < -0.39 is 0 Å². The molecule has 3 nitrogen and oxygen atoms in total. The van der Waals surface area contributed by atoms with Crippen LogP contribution in [0.15, 0.2) is 53.8 Å². The van der Waals surface area contributed by atoms with E-state index in [4.69, 9.17) is 4.99 Å². The Kier molecular flexibility index (Phi) is 3.03. The number of pyridine rings is 1. The maximum Gasteiger partial charge on any atom is 0.104 e. The highest BCUT2D eigenvalue weighted by molar-refractivity contribution is 5.86. The molecule has 0 radical (unpaired) electrons. The molecule has 0 amide bonds. The molecular formula is C16H17N3. The molecule has 96 valence electrons. The number of aromatic nitrogens is 1. The monoisotopic (exact) mass is 251 g/mol. The van der Waals surface area contributed by atoms with Crippen LogP contribution in [0.2, 0.25) is 0 Å². The SMILES string of the molecule is CN(C)C1=NC(c2cccnc2)c2ccccc2C1. The standard InChI is InChI=1S/C16H17N3/c1-19(2)15-10-12-6-3-4-8-14(12)16(18-15)13-7-5-9-17-11-13/h3-9,11,16H,10H2,1-2H3. The van der Waals surface area contributed by atoms with Gasteiger partial charge in [0.05, 0.1) is 0 Å². The molecule has 1 aliphatic rings. The number of hydrogen-bond donors (Lipinski definition) is 0. The number of rotatable bonds is 1. The van der Waals surface area contributed by atoms with Crippen molar-refractivity contribution >= 4 is 5.84 Å². The van der Waals surface area contributed by atoms with E-state index in [0.717, 1.165) is 17.8 Å². The summed E-state index contributed by atoms with van der Waals surface area (Å²) in [4.78, 5) is 11.2. The Morgan fingerprint density at radius 3 is 2.68 bits per heavy atom. The smallest absolute Gasteiger partial charge is 0.104 e. The van der Waals surface area contributed by atoms with Gasteiger partial charge >= 0.3 is 0 Å². The van der Waals surface area contributed by atoms with Crippen LogP contribution in [0.25, 0.3) is 0 Å². The zero-order chi connectivity index (χ0) is 13.2. The van der Waals surface area contributed by atoms with Crippen molar-refractivity contribution in [3.8, 4) is 0 Å². The summed E-state index contributed by atoms with van der Waals surface area (Å²) in [6.45, 7) is 0. The van der Waals surface area contributed by atoms with Gasteiger partial charge in [0, 0.05) is 32.9 Å². The topological polar surface area (TPSA) is 28.5 Å². The van der Waals surface area contributed by atoms with Gasteiger partial charge in [-0.25, -0.2) is 0 Å². The largest absolute Gasteiger partial charge is 0.366 e. The molecule has 1 aliphatic heterocycles. The quantitative estimate of drug-likeness (QED) is 0.779. The van der Waals surface area contributed by atoms with Gasteiger partial charge in [-0.2, -0.15) is 0 Å². The molecule has 0 fully saturated rings. The third kappa shape index (κ3) is 2.24. The van der Waals surface area contributed by atoms with Crippen LogP contribution in [0.5, 0.6) is 0 Å². The van der Waals surface area contributed by atoms with Crippen LogP contribution in [-0.4, -0.2) is 29.8 Å². The molecule has 0 aliphatic carbocycles. The average molecular weight is 251 g/mol. The molecule has 19 heavy (non-hydrogen) atoms. The fraction of sp³-hybridized carbons (Fsp3) is 0.250. The van der Waals surface area contributed by atoms with E-state index in [-0.39, 0.29) is 6.04 Å². The Morgan fingerprint density at radius 2 is 1.95 bits per heavy atom. The fourth-order valence-electron chi connectivity index (χ4n) is 2.46. The van der Waals surface area contributed by atoms with Gasteiger partial charge in [-0.15, -0.1) is 0 Å². The van der Waals surface area contributed by atoms with Gasteiger partial charge in [0.25, 0.3) is 0 Å². The summed E-state index contributed by atoms with van der Waals surface area (Å²) in [6.07, 6.45) is 4.61. The van der Waals surface area contributed by atoms with Crippen molar-refractivity contribution in [2.75, 3.05) is 14.1 Å². The van der Waals surface area contributed by atoms with Gasteiger partial charge in [0.1, 0.15) is 11.9 Å². The Labute approximate surface area is 113 Å². The number of hydrogen-bond acceptors (Lipinski definition) is 3. The van der Waals surface area contributed by atoms with E-state index in [1.165, 1.54) is 11.1 Å². The summed E-state index contributed by atoms with van der Waals surface area (Å²) in [5.41, 5.74) is 3.80. The van der Waals surface area contributed by atoms with Crippen LogP contribution in [0.3, 0.4) is 0 Å². The van der Waals surface area contributed by atoms with Gasteiger partial charge in [-0.1, -0.05) is 30.3 Å².